The number of hydrogen-bond donors (Lipinski definition) is 0. The zero-order valence-corrected chi connectivity index (χ0v) is 25.5. The molecule has 0 aliphatic heterocycles. The predicted molar refractivity (Wildman–Crippen MR) is 156 cm³/mol. The summed E-state index contributed by atoms with van der Waals surface area (Å²) in [4.78, 5) is 0. The minimum Gasteiger partial charge on any atom is -0.378 e. The highest BCUT2D eigenvalue weighted by molar-refractivity contribution is 5.09. The summed E-state index contributed by atoms with van der Waals surface area (Å²) < 4.78 is 6.22. The van der Waals surface area contributed by atoms with Crippen LogP contribution in [0.4, 0.5) is 0 Å². The van der Waals surface area contributed by atoms with Crippen molar-refractivity contribution >= 4 is 0 Å². The standard InChI is InChI=1S/C35H64O/c1-7-8-9-10-16-28(4)36-25-26(2)14-13-15-27(3)31-20-21-32-30-19-18-29-17-11-12-23-34(29,5)33(30)22-24-35(31,32)6/h26-33H,7-25H2,1-6H3/t26?,27?,28?,29?,30-,31+,32-,33-,34-,35+/m0/s1. The molecular weight excluding hydrogens is 436 g/mol. The van der Waals surface area contributed by atoms with Crippen molar-refractivity contribution in [3.63, 3.8) is 0 Å². The van der Waals surface area contributed by atoms with Crippen molar-refractivity contribution in [2.75, 3.05) is 6.61 Å². The molecule has 0 amide bonds. The summed E-state index contributed by atoms with van der Waals surface area (Å²) >= 11 is 0. The third kappa shape index (κ3) is 6.23. The Kier molecular flexibility index (Phi) is 10.4. The van der Waals surface area contributed by atoms with Crippen LogP contribution in [0, 0.1) is 52.3 Å². The molecule has 4 aliphatic carbocycles. The molecule has 0 heterocycles. The van der Waals surface area contributed by atoms with Gasteiger partial charge < -0.3 is 4.74 Å². The van der Waals surface area contributed by atoms with Gasteiger partial charge in [0.1, 0.15) is 0 Å². The summed E-state index contributed by atoms with van der Waals surface area (Å²) in [5.41, 5.74) is 1.33. The Labute approximate surface area is 226 Å². The van der Waals surface area contributed by atoms with Crippen LogP contribution in [0.25, 0.3) is 0 Å². The second-order valence-corrected chi connectivity index (χ2v) is 15.1. The fraction of sp³-hybridized carbons (Fsp3) is 1.00. The molecule has 0 bridgehead atoms. The smallest absolute Gasteiger partial charge is 0.0547 e. The molecular formula is C35H64O. The SMILES string of the molecule is CCCCCCC(C)OCC(C)CCCC(C)[C@H]1CC[C@H]2[C@@H]3CCC4CCCC[C@]4(C)[C@H]3CC[C@]12C. The van der Waals surface area contributed by atoms with Crippen molar-refractivity contribution in [3.8, 4) is 0 Å². The van der Waals surface area contributed by atoms with E-state index in [0.29, 0.717) is 22.9 Å². The van der Waals surface area contributed by atoms with Gasteiger partial charge in [0.15, 0.2) is 0 Å². The zero-order valence-electron chi connectivity index (χ0n) is 25.5. The molecule has 0 aromatic heterocycles. The average Bonchev–Trinajstić information content (AvgIpc) is 3.22. The van der Waals surface area contributed by atoms with Gasteiger partial charge in [-0.3, -0.25) is 0 Å². The van der Waals surface area contributed by atoms with Gasteiger partial charge in [-0.1, -0.05) is 86.0 Å². The van der Waals surface area contributed by atoms with E-state index < -0.39 is 0 Å². The van der Waals surface area contributed by atoms with Crippen LogP contribution in [0.3, 0.4) is 0 Å². The fourth-order valence-corrected chi connectivity index (χ4v) is 10.6. The topological polar surface area (TPSA) is 9.23 Å². The molecule has 4 aliphatic rings. The third-order valence-corrected chi connectivity index (χ3v) is 12.8. The Bertz CT molecular complexity index is 657. The first kappa shape index (κ1) is 29.0. The molecule has 4 rings (SSSR count). The molecule has 0 N–H and O–H groups in total. The molecule has 1 heteroatoms. The highest BCUT2D eigenvalue weighted by Crippen LogP contribution is 2.68. The van der Waals surface area contributed by atoms with E-state index in [1.54, 1.807) is 38.5 Å². The summed E-state index contributed by atoms with van der Waals surface area (Å²) in [6.45, 7) is 16.1. The van der Waals surface area contributed by atoms with Crippen molar-refractivity contribution in [3.05, 3.63) is 0 Å². The Morgan fingerprint density at radius 3 is 2.33 bits per heavy atom. The third-order valence-electron chi connectivity index (χ3n) is 12.8. The first-order valence-electron chi connectivity index (χ1n) is 16.9. The van der Waals surface area contributed by atoms with E-state index >= 15 is 0 Å². The molecule has 210 valence electrons. The van der Waals surface area contributed by atoms with Crippen molar-refractivity contribution in [2.24, 2.45) is 52.3 Å². The van der Waals surface area contributed by atoms with Gasteiger partial charge in [0.2, 0.25) is 0 Å². The molecule has 0 spiro atoms. The van der Waals surface area contributed by atoms with Gasteiger partial charge >= 0.3 is 0 Å². The second kappa shape index (κ2) is 12.9. The van der Waals surface area contributed by atoms with E-state index in [1.807, 2.05) is 0 Å². The molecule has 4 saturated carbocycles. The lowest BCUT2D eigenvalue weighted by molar-refractivity contribution is -0.114. The lowest BCUT2D eigenvalue weighted by atomic mass is 9.44. The Balaban J connectivity index is 1.21. The van der Waals surface area contributed by atoms with E-state index in [0.717, 1.165) is 42.1 Å². The average molecular weight is 501 g/mol. The number of hydrogen-bond acceptors (Lipinski definition) is 1. The van der Waals surface area contributed by atoms with Crippen molar-refractivity contribution in [1.29, 1.82) is 0 Å². The van der Waals surface area contributed by atoms with Gasteiger partial charge in [0.05, 0.1) is 6.10 Å². The number of unbranched alkanes of at least 4 members (excludes halogenated alkanes) is 3. The molecule has 0 radical (unpaired) electrons. The van der Waals surface area contributed by atoms with Crippen LogP contribution >= 0.6 is 0 Å². The Morgan fingerprint density at radius 2 is 1.53 bits per heavy atom. The Hall–Kier alpha value is -0.0400. The van der Waals surface area contributed by atoms with Crippen molar-refractivity contribution in [2.45, 2.75) is 163 Å². The highest BCUT2D eigenvalue weighted by Gasteiger charge is 2.60. The minimum atomic E-state index is 0.444. The monoisotopic (exact) mass is 500 g/mol. The van der Waals surface area contributed by atoms with Crippen LogP contribution in [0.5, 0.6) is 0 Å². The molecule has 4 fully saturated rings. The summed E-state index contributed by atoms with van der Waals surface area (Å²) in [7, 11) is 0. The molecule has 0 saturated heterocycles. The van der Waals surface area contributed by atoms with Gasteiger partial charge in [-0.15, -0.1) is 0 Å². The van der Waals surface area contributed by atoms with E-state index in [9.17, 15) is 0 Å². The molecule has 0 aromatic rings. The van der Waals surface area contributed by atoms with Crippen molar-refractivity contribution < 1.29 is 4.74 Å². The second-order valence-electron chi connectivity index (χ2n) is 15.1. The maximum atomic E-state index is 6.22. The van der Waals surface area contributed by atoms with Crippen LogP contribution in [-0.2, 0) is 4.74 Å². The van der Waals surface area contributed by atoms with Crippen LogP contribution < -0.4 is 0 Å². The van der Waals surface area contributed by atoms with Crippen LogP contribution in [0.15, 0.2) is 0 Å². The lowest BCUT2D eigenvalue weighted by Gasteiger charge is -2.61. The Morgan fingerprint density at radius 1 is 0.722 bits per heavy atom. The summed E-state index contributed by atoms with van der Waals surface area (Å²) in [6, 6.07) is 0. The van der Waals surface area contributed by atoms with Gasteiger partial charge in [-0.2, -0.15) is 0 Å². The highest BCUT2D eigenvalue weighted by atomic mass is 16.5. The molecule has 1 nitrogen and oxygen atoms in total. The van der Waals surface area contributed by atoms with Gasteiger partial charge in [-0.25, -0.2) is 0 Å². The van der Waals surface area contributed by atoms with Crippen molar-refractivity contribution in [1.82, 2.24) is 0 Å². The molecule has 36 heavy (non-hydrogen) atoms. The van der Waals surface area contributed by atoms with E-state index in [4.69, 9.17) is 4.74 Å². The zero-order chi connectivity index (χ0) is 25.8. The van der Waals surface area contributed by atoms with Crippen LogP contribution in [0.2, 0.25) is 0 Å². The fourth-order valence-electron chi connectivity index (χ4n) is 10.6. The maximum absolute atomic E-state index is 6.22. The van der Waals surface area contributed by atoms with Gasteiger partial charge in [-0.05, 0) is 123 Å². The normalized spacial score (nSPS) is 40.7. The minimum absolute atomic E-state index is 0.444. The number of fused-ring (bicyclic) bond motifs is 5. The maximum Gasteiger partial charge on any atom is 0.0547 e. The number of ether oxygens (including phenoxy) is 1. The molecule has 0 aromatic carbocycles. The largest absolute Gasteiger partial charge is 0.378 e. The first-order chi connectivity index (χ1) is 17.3. The number of rotatable bonds is 13. The summed E-state index contributed by atoms with van der Waals surface area (Å²) in [5, 5.41) is 0. The van der Waals surface area contributed by atoms with E-state index in [1.165, 1.54) is 77.0 Å². The van der Waals surface area contributed by atoms with E-state index in [-0.39, 0.29) is 0 Å². The van der Waals surface area contributed by atoms with Gasteiger partial charge in [0.25, 0.3) is 0 Å². The molecule has 4 unspecified atom stereocenters. The van der Waals surface area contributed by atoms with E-state index in [2.05, 4.69) is 41.5 Å². The molecule has 10 atom stereocenters. The lowest BCUT2D eigenvalue weighted by Crippen LogP contribution is -2.53. The first-order valence-corrected chi connectivity index (χ1v) is 16.9. The van der Waals surface area contributed by atoms with Crippen LogP contribution in [-0.4, -0.2) is 12.7 Å². The quantitative estimate of drug-likeness (QED) is 0.228. The predicted octanol–water partition coefficient (Wildman–Crippen LogP) is 10.9. The van der Waals surface area contributed by atoms with Gasteiger partial charge in [0, 0.05) is 6.61 Å². The van der Waals surface area contributed by atoms with Crippen LogP contribution in [0.1, 0.15) is 157 Å². The summed E-state index contributed by atoms with van der Waals surface area (Å²) in [6.07, 6.45) is 26.7. The summed E-state index contributed by atoms with van der Waals surface area (Å²) in [5.74, 6) is 6.81.